The Bertz CT molecular complexity index is 590. The Morgan fingerprint density at radius 1 is 1.15 bits per heavy atom. The molecule has 0 aliphatic rings. The van der Waals surface area contributed by atoms with Gasteiger partial charge in [0, 0.05) is 5.92 Å². The van der Waals surface area contributed by atoms with E-state index in [0.717, 1.165) is 12.0 Å². The van der Waals surface area contributed by atoms with Crippen molar-refractivity contribution >= 4 is 5.97 Å². The zero-order valence-electron chi connectivity index (χ0n) is 11.3. The van der Waals surface area contributed by atoms with Crippen molar-refractivity contribution in [3.63, 3.8) is 0 Å². The molecule has 0 spiro atoms. The fourth-order valence-electron chi connectivity index (χ4n) is 2.31. The van der Waals surface area contributed by atoms with E-state index in [0.29, 0.717) is 5.56 Å². The summed E-state index contributed by atoms with van der Waals surface area (Å²) in [5.41, 5.74) is 2.79. The van der Waals surface area contributed by atoms with Gasteiger partial charge in [0.1, 0.15) is 5.82 Å². The number of halogens is 1. The highest BCUT2D eigenvalue weighted by atomic mass is 19.1. The number of carboxylic acid groups (broad SMARTS) is 1. The molecule has 0 aliphatic heterocycles. The Balaban J connectivity index is 2.38. The molecular weight excluding hydrogens is 255 g/mol. The molecule has 0 aromatic heterocycles. The summed E-state index contributed by atoms with van der Waals surface area (Å²) in [7, 11) is 0. The van der Waals surface area contributed by atoms with Crippen molar-refractivity contribution in [1.29, 1.82) is 0 Å². The third kappa shape index (κ3) is 3.44. The number of hydrogen-bond donors (Lipinski definition) is 1. The maximum absolute atomic E-state index is 13.4. The molecule has 0 saturated heterocycles. The highest BCUT2D eigenvalue weighted by Gasteiger charge is 2.18. The van der Waals surface area contributed by atoms with Crippen LogP contribution in [-0.2, 0) is 11.2 Å². The summed E-state index contributed by atoms with van der Waals surface area (Å²) in [5.74, 6) is -1.56. The van der Waals surface area contributed by atoms with Crippen LogP contribution < -0.4 is 0 Å². The van der Waals surface area contributed by atoms with Gasteiger partial charge in [-0.2, -0.15) is 0 Å². The van der Waals surface area contributed by atoms with Crippen LogP contribution in [0.3, 0.4) is 0 Å². The Kier molecular flexibility index (Phi) is 4.51. The van der Waals surface area contributed by atoms with E-state index in [1.165, 1.54) is 17.7 Å². The number of carbonyl (C=O) groups is 1. The average Bonchev–Trinajstić information content (AvgIpc) is 2.45. The van der Waals surface area contributed by atoms with Gasteiger partial charge in [0.15, 0.2) is 0 Å². The summed E-state index contributed by atoms with van der Waals surface area (Å²) in [4.78, 5) is 11.1. The first-order valence-corrected chi connectivity index (χ1v) is 6.66. The largest absolute Gasteiger partial charge is 0.481 e. The maximum Gasteiger partial charge on any atom is 0.304 e. The summed E-state index contributed by atoms with van der Waals surface area (Å²) < 4.78 is 13.4. The lowest BCUT2D eigenvalue weighted by Gasteiger charge is -2.16. The number of carboxylic acids is 1. The molecule has 2 aromatic carbocycles. The highest BCUT2D eigenvalue weighted by molar-refractivity contribution is 5.69. The quantitative estimate of drug-likeness (QED) is 0.893. The minimum absolute atomic E-state index is 0.0467. The molecule has 0 saturated carbocycles. The topological polar surface area (TPSA) is 37.3 Å². The summed E-state index contributed by atoms with van der Waals surface area (Å²) in [6.07, 6.45) is 0.888. The first-order chi connectivity index (χ1) is 9.60. The van der Waals surface area contributed by atoms with Crippen LogP contribution in [0.25, 0.3) is 0 Å². The maximum atomic E-state index is 13.4. The SMILES string of the molecule is CCc1ccc(C(CC(=O)O)c2cccc(F)c2)cc1. The first kappa shape index (κ1) is 14.3. The van der Waals surface area contributed by atoms with E-state index in [4.69, 9.17) is 5.11 Å². The molecule has 0 bridgehead atoms. The van der Waals surface area contributed by atoms with Crippen LogP contribution in [0.15, 0.2) is 48.5 Å². The van der Waals surface area contributed by atoms with Gasteiger partial charge in [0.2, 0.25) is 0 Å². The van der Waals surface area contributed by atoms with Gasteiger partial charge < -0.3 is 5.11 Å². The molecular formula is C17H17FO2. The van der Waals surface area contributed by atoms with Crippen LogP contribution in [0, 0.1) is 5.82 Å². The van der Waals surface area contributed by atoms with Gasteiger partial charge in [-0.1, -0.05) is 43.3 Å². The third-order valence-electron chi connectivity index (χ3n) is 3.42. The second-order valence-corrected chi connectivity index (χ2v) is 4.80. The van der Waals surface area contributed by atoms with E-state index in [1.54, 1.807) is 12.1 Å². The molecule has 2 aromatic rings. The average molecular weight is 272 g/mol. The highest BCUT2D eigenvalue weighted by Crippen LogP contribution is 2.28. The van der Waals surface area contributed by atoms with Crippen molar-refractivity contribution in [2.75, 3.05) is 0 Å². The molecule has 1 N–H and O–H groups in total. The lowest BCUT2D eigenvalue weighted by atomic mass is 9.88. The van der Waals surface area contributed by atoms with Crippen LogP contribution >= 0.6 is 0 Å². The zero-order chi connectivity index (χ0) is 14.5. The third-order valence-corrected chi connectivity index (χ3v) is 3.42. The van der Waals surface area contributed by atoms with Crippen LogP contribution in [0.5, 0.6) is 0 Å². The molecule has 0 aliphatic carbocycles. The smallest absolute Gasteiger partial charge is 0.304 e. The second kappa shape index (κ2) is 6.33. The minimum atomic E-state index is -0.890. The van der Waals surface area contributed by atoms with E-state index in [9.17, 15) is 9.18 Å². The number of rotatable bonds is 5. The van der Waals surface area contributed by atoms with Gasteiger partial charge >= 0.3 is 5.97 Å². The molecule has 3 heteroatoms. The molecule has 0 radical (unpaired) electrons. The summed E-state index contributed by atoms with van der Waals surface area (Å²) >= 11 is 0. The van der Waals surface area contributed by atoms with Crippen molar-refractivity contribution in [2.45, 2.75) is 25.7 Å². The normalized spacial score (nSPS) is 12.1. The van der Waals surface area contributed by atoms with Crippen molar-refractivity contribution < 1.29 is 14.3 Å². The fourth-order valence-corrected chi connectivity index (χ4v) is 2.31. The van der Waals surface area contributed by atoms with Gasteiger partial charge in [-0.15, -0.1) is 0 Å². The standard InChI is InChI=1S/C17H17FO2/c1-2-12-6-8-13(9-7-12)16(11-17(19)20)14-4-3-5-15(18)10-14/h3-10,16H,2,11H2,1H3,(H,19,20). The van der Waals surface area contributed by atoms with E-state index < -0.39 is 5.97 Å². The Morgan fingerprint density at radius 3 is 2.40 bits per heavy atom. The summed E-state index contributed by atoms with van der Waals surface area (Å²) in [6.45, 7) is 2.07. The van der Waals surface area contributed by atoms with Crippen LogP contribution in [0.1, 0.15) is 36.0 Å². The van der Waals surface area contributed by atoms with Crippen molar-refractivity contribution in [2.24, 2.45) is 0 Å². The molecule has 0 heterocycles. The van der Waals surface area contributed by atoms with E-state index in [1.807, 2.05) is 24.3 Å². The number of aryl methyl sites for hydroxylation is 1. The predicted octanol–water partition coefficient (Wildman–Crippen LogP) is 3.99. The Hall–Kier alpha value is -2.16. The molecule has 2 nitrogen and oxygen atoms in total. The summed E-state index contributed by atoms with van der Waals surface area (Å²) in [5, 5.41) is 9.08. The van der Waals surface area contributed by atoms with E-state index >= 15 is 0 Å². The van der Waals surface area contributed by atoms with Gasteiger partial charge in [0.05, 0.1) is 6.42 Å². The summed E-state index contributed by atoms with van der Waals surface area (Å²) in [6, 6.07) is 14.0. The van der Waals surface area contributed by atoms with Gasteiger partial charge in [0.25, 0.3) is 0 Å². The minimum Gasteiger partial charge on any atom is -0.481 e. The molecule has 20 heavy (non-hydrogen) atoms. The monoisotopic (exact) mass is 272 g/mol. The molecule has 0 fully saturated rings. The first-order valence-electron chi connectivity index (χ1n) is 6.66. The molecule has 1 unspecified atom stereocenters. The van der Waals surface area contributed by atoms with E-state index in [2.05, 4.69) is 6.92 Å². The fraction of sp³-hybridized carbons (Fsp3) is 0.235. The number of aliphatic carboxylic acids is 1. The van der Waals surface area contributed by atoms with Crippen molar-refractivity contribution in [3.8, 4) is 0 Å². The van der Waals surface area contributed by atoms with Gasteiger partial charge in [-0.3, -0.25) is 4.79 Å². The zero-order valence-corrected chi connectivity index (χ0v) is 11.3. The van der Waals surface area contributed by atoms with Gasteiger partial charge in [-0.05, 0) is 35.2 Å². The Morgan fingerprint density at radius 2 is 1.85 bits per heavy atom. The Labute approximate surface area is 117 Å². The second-order valence-electron chi connectivity index (χ2n) is 4.80. The lowest BCUT2D eigenvalue weighted by molar-refractivity contribution is -0.137. The molecule has 104 valence electrons. The van der Waals surface area contributed by atoms with Crippen molar-refractivity contribution in [1.82, 2.24) is 0 Å². The van der Waals surface area contributed by atoms with Crippen molar-refractivity contribution in [3.05, 3.63) is 71.0 Å². The number of hydrogen-bond acceptors (Lipinski definition) is 1. The molecule has 2 rings (SSSR count). The van der Waals surface area contributed by atoms with Gasteiger partial charge in [-0.25, -0.2) is 4.39 Å². The predicted molar refractivity (Wildman–Crippen MR) is 76.3 cm³/mol. The lowest BCUT2D eigenvalue weighted by Crippen LogP contribution is -2.08. The van der Waals surface area contributed by atoms with Crippen LogP contribution in [0.2, 0.25) is 0 Å². The van der Waals surface area contributed by atoms with E-state index in [-0.39, 0.29) is 18.2 Å². The number of benzene rings is 2. The van der Waals surface area contributed by atoms with Crippen LogP contribution in [0.4, 0.5) is 4.39 Å². The molecule has 0 amide bonds. The molecule has 1 atom stereocenters. The van der Waals surface area contributed by atoms with Crippen LogP contribution in [-0.4, -0.2) is 11.1 Å².